The number of H-pyrrole nitrogens is 1. The predicted molar refractivity (Wildman–Crippen MR) is 91.3 cm³/mol. The van der Waals surface area contributed by atoms with Crippen molar-refractivity contribution >= 4 is 16.9 Å². The van der Waals surface area contributed by atoms with Crippen LogP contribution in [0.2, 0.25) is 0 Å². The van der Waals surface area contributed by atoms with Crippen LogP contribution in [0.15, 0.2) is 36.8 Å². The molecule has 1 N–H and O–H groups in total. The van der Waals surface area contributed by atoms with Crippen LogP contribution in [-0.4, -0.2) is 26.2 Å². The fraction of sp³-hybridized carbons (Fsp3) is 0.389. The lowest BCUT2D eigenvalue weighted by Gasteiger charge is -2.30. The number of aromatic amines is 1. The smallest absolute Gasteiger partial charge is 0.160 e. The van der Waals surface area contributed by atoms with Gasteiger partial charge in [0.25, 0.3) is 0 Å². The Morgan fingerprint density at radius 3 is 2.91 bits per heavy atom. The molecule has 1 aliphatic rings. The van der Waals surface area contributed by atoms with Crippen molar-refractivity contribution in [3.05, 3.63) is 47.9 Å². The van der Waals surface area contributed by atoms with Crippen LogP contribution in [0.5, 0.6) is 0 Å². The Bertz CT molecular complexity index is 804. The van der Waals surface area contributed by atoms with Crippen LogP contribution in [0.25, 0.3) is 11.0 Å². The molecule has 1 aromatic carbocycles. The van der Waals surface area contributed by atoms with Gasteiger partial charge >= 0.3 is 0 Å². The molecule has 1 saturated carbocycles. The summed E-state index contributed by atoms with van der Waals surface area (Å²) in [4.78, 5) is 11.3. The lowest BCUT2D eigenvalue weighted by molar-refractivity contribution is 0.599. The standard InChI is InChI=1S/C18H21N5/c1-13-5-4-6-14(9-13)11-23(15-7-2-3-8-15)18-16-10-21-22-17(16)19-12-20-18/h4-6,9-10,12,15H,2-3,7-8,11H2,1H3,(H,19,20,21,22). The Hall–Kier alpha value is -2.43. The molecule has 3 aromatic rings. The molecule has 1 aliphatic carbocycles. The Morgan fingerprint density at radius 2 is 2.09 bits per heavy atom. The molecule has 0 bridgehead atoms. The SMILES string of the molecule is Cc1cccc(CN(c2ncnc3[nH]ncc23)C2CCCC2)c1. The summed E-state index contributed by atoms with van der Waals surface area (Å²) < 4.78 is 0. The molecule has 0 saturated heterocycles. The average molecular weight is 307 g/mol. The van der Waals surface area contributed by atoms with Crippen molar-refractivity contribution in [2.45, 2.75) is 45.2 Å². The first-order valence-corrected chi connectivity index (χ1v) is 8.27. The summed E-state index contributed by atoms with van der Waals surface area (Å²) in [6, 6.07) is 9.27. The minimum Gasteiger partial charge on any atom is -0.349 e. The van der Waals surface area contributed by atoms with Gasteiger partial charge in [-0.3, -0.25) is 5.10 Å². The van der Waals surface area contributed by atoms with Crippen LogP contribution in [0.4, 0.5) is 5.82 Å². The van der Waals surface area contributed by atoms with Gasteiger partial charge in [-0.05, 0) is 25.3 Å². The van der Waals surface area contributed by atoms with E-state index in [0.29, 0.717) is 6.04 Å². The Kier molecular flexibility index (Phi) is 3.69. The number of nitrogens with zero attached hydrogens (tertiary/aromatic N) is 4. The third-order valence-electron chi connectivity index (χ3n) is 4.70. The van der Waals surface area contributed by atoms with Gasteiger partial charge in [-0.15, -0.1) is 0 Å². The third kappa shape index (κ3) is 2.79. The summed E-state index contributed by atoms with van der Waals surface area (Å²) in [5, 5.41) is 8.10. The van der Waals surface area contributed by atoms with Crippen molar-refractivity contribution in [3.8, 4) is 0 Å². The highest BCUT2D eigenvalue weighted by atomic mass is 15.2. The molecule has 118 valence electrons. The van der Waals surface area contributed by atoms with E-state index in [1.807, 2.05) is 6.20 Å². The predicted octanol–water partition coefficient (Wildman–Crippen LogP) is 3.61. The summed E-state index contributed by atoms with van der Waals surface area (Å²) in [7, 11) is 0. The van der Waals surface area contributed by atoms with E-state index in [0.717, 1.165) is 23.4 Å². The fourth-order valence-corrected chi connectivity index (χ4v) is 3.58. The summed E-state index contributed by atoms with van der Waals surface area (Å²) in [5.41, 5.74) is 3.43. The van der Waals surface area contributed by atoms with Gasteiger partial charge < -0.3 is 4.90 Å². The first-order chi connectivity index (χ1) is 11.3. The number of nitrogens with one attached hydrogen (secondary N) is 1. The molecule has 5 heteroatoms. The molecular weight excluding hydrogens is 286 g/mol. The molecule has 23 heavy (non-hydrogen) atoms. The van der Waals surface area contributed by atoms with Crippen molar-refractivity contribution in [2.75, 3.05) is 4.90 Å². The quantitative estimate of drug-likeness (QED) is 0.800. The van der Waals surface area contributed by atoms with Crippen molar-refractivity contribution in [1.29, 1.82) is 0 Å². The van der Waals surface area contributed by atoms with E-state index in [1.54, 1.807) is 6.33 Å². The number of hydrogen-bond acceptors (Lipinski definition) is 4. The lowest BCUT2D eigenvalue weighted by atomic mass is 10.1. The number of benzene rings is 1. The second kappa shape index (κ2) is 5.99. The largest absolute Gasteiger partial charge is 0.349 e. The zero-order valence-electron chi connectivity index (χ0n) is 13.4. The molecule has 0 unspecified atom stereocenters. The van der Waals surface area contributed by atoms with Crippen molar-refractivity contribution in [2.24, 2.45) is 0 Å². The van der Waals surface area contributed by atoms with Crippen molar-refractivity contribution in [1.82, 2.24) is 20.2 Å². The highest BCUT2D eigenvalue weighted by molar-refractivity contribution is 5.86. The van der Waals surface area contributed by atoms with Gasteiger partial charge in [-0.25, -0.2) is 9.97 Å². The van der Waals surface area contributed by atoms with Crippen LogP contribution in [-0.2, 0) is 6.54 Å². The highest BCUT2D eigenvalue weighted by Gasteiger charge is 2.25. The second-order valence-corrected chi connectivity index (χ2v) is 6.38. The van der Waals surface area contributed by atoms with Gasteiger partial charge in [0.1, 0.15) is 12.1 Å². The van der Waals surface area contributed by atoms with Crippen LogP contribution < -0.4 is 4.90 Å². The normalized spacial score (nSPS) is 15.3. The summed E-state index contributed by atoms with van der Waals surface area (Å²) >= 11 is 0. The van der Waals surface area contributed by atoms with E-state index in [-0.39, 0.29) is 0 Å². The Labute approximate surface area is 135 Å². The Balaban J connectivity index is 1.74. The van der Waals surface area contributed by atoms with Crippen molar-refractivity contribution in [3.63, 3.8) is 0 Å². The van der Waals surface area contributed by atoms with E-state index < -0.39 is 0 Å². The summed E-state index contributed by atoms with van der Waals surface area (Å²) in [6.07, 6.45) is 8.53. The van der Waals surface area contributed by atoms with Gasteiger partial charge in [-0.1, -0.05) is 42.7 Å². The van der Waals surface area contributed by atoms with Gasteiger partial charge in [0.05, 0.1) is 11.6 Å². The zero-order valence-corrected chi connectivity index (χ0v) is 13.4. The molecule has 0 atom stereocenters. The first-order valence-electron chi connectivity index (χ1n) is 8.27. The molecule has 0 radical (unpaired) electrons. The van der Waals surface area contributed by atoms with Crippen LogP contribution in [0.1, 0.15) is 36.8 Å². The van der Waals surface area contributed by atoms with Gasteiger partial charge in [0.15, 0.2) is 5.65 Å². The van der Waals surface area contributed by atoms with E-state index in [1.165, 1.54) is 36.8 Å². The highest BCUT2D eigenvalue weighted by Crippen LogP contribution is 2.31. The van der Waals surface area contributed by atoms with Crippen LogP contribution >= 0.6 is 0 Å². The average Bonchev–Trinajstić information content (AvgIpc) is 3.23. The van der Waals surface area contributed by atoms with Gasteiger partial charge in [0, 0.05) is 12.6 Å². The molecule has 2 aromatic heterocycles. The lowest BCUT2D eigenvalue weighted by Crippen LogP contribution is -2.33. The minimum absolute atomic E-state index is 0.545. The monoisotopic (exact) mass is 307 g/mol. The maximum atomic E-state index is 4.60. The van der Waals surface area contributed by atoms with Gasteiger partial charge in [-0.2, -0.15) is 5.10 Å². The van der Waals surface area contributed by atoms with E-state index >= 15 is 0 Å². The maximum absolute atomic E-state index is 4.60. The molecule has 2 heterocycles. The number of rotatable bonds is 4. The molecule has 0 amide bonds. The van der Waals surface area contributed by atoms with Crippen LogP contribution in [0.3, 0.4) is 0 Å². The third-order valence-corrected chi connectivity index (χ3v) is 4.70. The second-order valence-electron chi connectivity index (χ2n) is 6.38. The number of fused-ring (bicyclic) bond motifs is 1. The number of aryl methyl sites for hydroxylation is 1. The fourth-order valence-electron chi connectivity index (χ4n) is 3.58. The molecule has 0 spiro atoms. The Morgan fingerprint density at radius 1 is 1.22 bits per heavy atom. The molecule has 4 rings (SSSR count). The maximum Gasteiger partial charge on any atom is 0.160 e. The van der Waals surface area contributed by atoms with Gasteiger partial charge in [0.2, 0.25) is 0 Å². The molecular formula is C18H21N5. The number of hydrogen-bond donors (Lipinski definition) is 1. The minimum atomic E-state index is 0.545. The molecule has 0 aliphatic heterocycles. The molecule has 1 fully saturated rings. The zero-order chi connectivity index (χ0) is 15.6. The number of aromatic nitrogens is 4. The topological polar surface area (TPSA) is 57.7 Å². The molecule has 5 nitrogen and oxygen atoms in total. The van der Waals surface area contributed by atoms with E-state index in [9.17, 15) is 0 Å². The number of anilines is 1. The van der Waals surface area contributed by atoms with Crippen molar-refractivity contribution < 1.29 is 0 Å². The van der Waals surface area contributed by atoms with E-state index in [2.05, 4.69) is 56.3 Å². The summed E-state index contributed by atoms with van der Waals surface area (Å²) in [6.45, 7) is 3.02. The summed E-state index contributed by atoms with van der Waals surface area (Å²) in [5.74, 6) is 0.997. The van der Waals surface area contributed by atoms with E-state index in [4.69, 9.17) is 0 Å². The van der Waals surface area contributed by atoms with Crippen LogP contribution in [0, 0.1) is 6.92 Å². The first kappa shape index (κ1) is 14.2.